The quantitative estimate of drug-likeness (QED) is 0.763. The van der Waals surface area contributed by atoms with E-state index in [1.807, 2.05) is 20.8 Å². The molecule has 0 N–H and O–H groups in total. The average molecular weight is 246 g/mol. The molecule has 0 aliphatic heterocycles. The molecular weight excluding hydrogens is 229 g/mol. The standard InChI is InChI=1S/C13H17F3O/c1-12(2,3)10-7-9(8-13(14,15)16)5-6-11(10)17-4/h5-7H,8H2,1-4H3. The van der Waals surface area contributed by atoms with Crippen molar-refractivity contribution in [2.45, 2.75) is 38.8 Å². The zero-order chi connectivity index (χ0) is 13.3. The Balaban J connectivity index is 3.14. The van der Waals surface area contributed by atoms with Gasteiger partial charge in [0, 0.05) is 0 Å². The maximum atomic E-state index is 12.3. The van der Waals surface area contributed by atoms with E-state index in [0.29, 0.717) is 5.75 Å². The van der Waals surface area contributed by atoms with Gasteiger partial charge in [-0.15, -0.1) is 0 Å². The van der Waals surface area contributed by atoms with Crippen molar-refractivity contribution in [3.05, 3.63) is 29.3 Å². The van der Waals surface area contributed by atoms with Gasteiger partial charge in [0.25, 0.3) is 0 Å². The van der Waals surface area contributed by atoms with Crippen LogP contribution in [0.25, 0.3) is 0 Å². The Morgan fingerprint density at radius 1 is 1.12 bits per heavy atom. The molecule has 1 aromatic rings. The zero-order valence-corrected chi connectivity index (χ0v) is 10.5. The van der Waals surface area contributed by atoms with Gasteiger partial charge in [0.05, 0.1) is 13.5 Å². The highest BCUT2D eigenvalue weighted by molar-refractivity contribution is 5.41. The van der Waals surface area contributed by atoms with Crippen molar-refractivity contribution in [1.29, 1.82) is 0 Å². The van der Waals surface area contributed by atoms with E-state index in [-0.39, 0.29) is 11.0 Å². The Hall–Kier alpha value is -1.19. The largest absolute Gasteiger partial charge is 0.496 e. The minimum absolute atomic E-state index is 0.243. The number of halogens is 3. The van der Waals surface area contributed by atoms with Crippen molar-refractivity contribution in [3.8, 4) is 5.75 Å². The van der Waals surface area contributed by atoms with Crippen molar-refractivity contribution >= 4 is 0 Å². The average Bonchev–Trinajstić information content (AvgIpc) is 2.13. The molecule has 1 nitrogen and oxygen atoms in total. The van der Waals surface area contributed by atoms with Gasteiger partial charge in [-0.3, -0.25) is 0 Å². The maximum Gasteiger partial charge on any atom is 0.393 e. The van der Waals surface area contributed by atoms with Crippen LogP contribution < -0.4 is 4.74 Å². The molecule has 0 amide bonds. The summed E-state index contributed by atoms with van der Waals surface area (Å²) in [5.74, 6) is 0.628. The molecule has 0 heterocycles. The molecule has 4 heteroatoms. The lowest BCUT2D eigenvalue weighted by atomic mass is 9.85. The summed E-state index contributed by atoms with van der Waals surface area (Å²) in [4.78, 5) is 0. The normalized spacial score (nSPS) is 12.6. The van der Waals surface area contributed by atoms with E-state index in [4.69, 9.17) is 4.74 Å². The summed E-state index contributed by atoms with van der Waals surface area (Å²) in [6, 6.07) is 4.63. The summed E-state index contributed by atoms with van der Waals surface area (Å²) in [7, 11) is 1.52. The van der Waals surface area contributed by atoms with E-state index in [9.17, 15) is 13.2 Å². The molecule has 0 aliphatic rings. The Labute approximate surface area is 99.6 Å². The predicted molar refractivity (Wildman–Crippen MR) is 61.5 cm³/mol. The van der Waals surface area contributed by atoms with Crippen LogP contribution >= 0.6 is 0 Å². The third-order valence-corrected chi connectivity index (χ3v) is 2.48. The second kappa shape index (κ2) is 4.59. The number of ether oxygens (including phenoxy) is 1. The van der Waals surface area contributed by atoms with Gasteiger partial charge in [-0.2, -0.15) is 13.2 Å². The molecule has 0 spiro atoms. The molecule has 17 heavy (non-hydrogen) atoms. The van der Waals surface area contributed by atoms with E-state index in [1.165, 1.54) is 13.2 Å². The van der Waals surface area contributed by atoms with Crippen LogP contribution in [0.15, 0.2) is 18.2 Å². The van der Waals surface area contributed by atoms with Gasteiger partial charge in [-0.25, -0.2) is 0 Å². The van der Waals surface area contributed by atoms with E-state index in [1.54, 1.807) is 12.1 Å². The van der Waals surface area contributed by atoms with Crippen LogP contribution in [-0.2, 0) is 11.8 Å². The lowest BCUT2D eigenvalue weighted by molar-refractivity contribution is -0.127. The molecular formula is C13H17F3O. The van der Waals surface area contributed by atoms with Crippen LogP contribution in [0.2, 0.25) is 0 Å². The fourth-order valence-electron chi connectivity index (χ4n) is 1.68. The second-order valence-corrected chi connectivity index (χ2v) is 5.08. The Bertz CT molecular complexity index is 389. The van der Waals surface area contributed by atoms with Gasteiger partial charge in [-0.1, -0.05) is 32.9 Å². The van der Waals surface area contributed by atoms with Gasteiger partial charge in [0.2, 0.25) is 0 Å². The van der Waals surface area contributed by atoms with Crippen LogP contribution in [0.3, 0.4) is 0 Å². The first-order valence-electron chi connectivity index (χ1n) is 5.37. The molecule has 0 unspecified atom stereocenters. The summed E-state index contributed by atoms with van der Waals surface area (Å²) in [5.41, 5.74) is 0.817. The van der Waals surface area contributed by atoms with Gasteiger partial charge < -0.3 is 4.74 Å². The molecule has 0 aromatic heterocycles. The van der Waals surface area contributed by atoms with Crippen LogP contribution in [0.1, 0.15) is 31.9 Å². The highest BCUT2D eigenvalue weighted by atomic mass is 19.4. The summed E-state index contributed by atoms with van der Waals surface area (Å²) in [6.45, 7) is 5.84. The molecule has 0 aliphatic carbocycles. The Kier molecular flexibility index (Phi) is 3.74. The van der Waals surface area contributed by atoms with Gasteiger partial charge in [0.15, 0.2) is 0 Å². The summed E-state index contributed by atoms with van der Waals surface area (Å²) in [5, 5.41) is 0. The van der Waals surface area contributed by atoms with Crippen molar-refractivity contribution in [3.63, 3.8) is 0 Å². The molecule has 0 radical (unpaired) electrons. The molecule has 0 saturated carbocycles. The number of hydrogen-bond donors (Lipinski definition) is 0. The number of methoxy groups -OCH3 is 1. The number of hydrogen-bond acceptors (Lipinski definition) is 1. The van der Waals surface area contributed by atoms with Crippen molar-refractivity contribution in [1.82, 2.24) is 0 Å². The SMILES string of the molecule is COc1ccc(CC(F)(F)F)cc1C(C)(C)C. The van der Waals surface area contributed by atoms with Crippen LogP contribution in [0.5, 0.6) is 5.75 Å². The second-order valence-electron chi connectivity index (χ2n) is 5.08. The van der Waals surface area contributed by atoms with Gasteiger partial charge in [0.1, 0.15) is 5.75 Å². The lowest BCUT2D eigenvalue weighted by Crippen LogP contribution is -2.16. The zero-order valence-electron chi connectivity index (χ0n) is 10.5. The van der Waals surface area contributed by atoms with E-state index < -0.39 is 12.6 Å². The van der Waals surface area contributed by atoms with E-state index in [2.05, 4.69) is 0 Å². The van der Waals surface area contributed by atoms with Gasteiger partial charge in [-0.05, 0) is 22.6 Å². The molecule has 1 rings (SSSR count). The number of benzene rings is 1. The van der Waals surface area contributed by atoms with Gasteiger partial charge >= 0.3 is 6.18 Å². The fourth-order valence-corrected chi connectivity index (χ4v) is 1.68. The molecule has 0 saturated heterocycles. The van der Waals surface area contributed by atoms with Crippen LogP contribution in [-0.4, -0.2) is 13.3 Å². The first kappa shape index (κ1) is 13.9. The van der Waals surface area contributed by atoms with Crippen molar-refractivity contribution in [2.24, 2.45) is 0 Å². The summed E-state index contributed by atoms with van der Waals surface area (Å²) in [6.07, 6.45) is -5.08. The minimum atomic E-state index is -4.18. The third kappa shape index (κ3) is 3.95. The number of rotatable bonds is 2. The summed E-state index contributed by atoms with van der Waals surface area (Å²) < 4.78 is 42.1. The Morgan fingerprint density at radius 3 is 2.12 bits per heavy atom. The maximum absolute atomic E-state index is 12.3. The monoisotopic (exact) mass is 246 g/mol. The van der Waals surface area contributed by atoms with Crippen LogP contribution in [0, 0.1) is 0 Å². The molecule has 1 aromatic carbocycles. The number of alkyl halides is 3. The summed E-state index contributed by atoms with van der Waals surface area (Å²) >= 11 is 0. The Morgan fingerprint density at radius 2 is 1.71 bits per heavy atom. The van der Waals surface area contributed by atoms with E-state index in [0.717, 1.165) is 5.56 Å². The topological polar surface area (TPSA) is 9.23 Å². The highest BCUT2D eigenvalue weighted by Gasteiger charge is 2.29. The minimum Gasteiger partial charge on any atom is -0.496 e. The smallest absolute Gasteiger partial charge is 0.393 e. The predicted octanol–water partition coefficient (Wildman–Crippen LogP) is 4.10. The van der Waals surface area contributed by atoms with Crippen molar-refractivity contribution in [2.75, 3.05) is 7.11 Å². The first-order chi connectivity index (χ1) is 7.63. The van der Waals surface area contributed by atoms with E-state index >= 15 is 0 Å². The molecule has 0 fully saturated rings. The molecule has 0 atom stereocenters. The fraction of sp³-hybridized carbons (Fsp3) is 0.538. The highest BCUT2D eigenvalue weighted by Crippen LogP contribution is 2.33. The lowest BCUT2D eigenvalue weighted by Gasteiger charge is -2.23. The molecule has 96 valence electrons. The first-order valence-corrected chi connectivity index (χ1v) is 5.37. The van der Waals surface area contributed by atoms with Crippen LogP contribution in [0.4, 0.5) is 13.2 Å². The molecule has 0 bridgehead atoms. The van der Waals surface area contributed by atoms with Crippen molar-refractivity contribution < 1.29 is 17.9 Å². The third-order valence-electron chi connectivity index (χ3n) is 2.48.